The van der Waals surface area contributed by atoms with Gasteiger partial charge in [0.05, 0.1) is 18.3 Å². The van der Waals surface area contributed by atoms with E-state index in [1.54, 1.807) is 28.1 Å². The van der Waals surface area contributed by atoms with Crippen LogP contribution in [0.1, 0.15) is 16.1 Å². The Bertz CT molecular complexity index is 714. The van der Waals surface area contributed by atoms with E-state index in [0.717, 1.165) is 0 Å². The number of rotatable bonds is 3. The van der Waals surface area contributed by atoms with Crippen molar-refractivity contribution in [1.82, 2.24) is 14.8 Å². The third kappa shape index (κ3) is 4.70. The molecule has 7 heteroatoms. The molecule has 6 nitrogen and oxygen atoms in total. The van der Waals surface area contributed by atoms with Gasteiger partial charge in [-0.15, -0.1) is 12.4 Å². The Morgan fingerprint density at radius 2 is 1.60 bits per heavy atom. The van der Waals surface area contributed by atoms with Gasteiger partial charge in [0.25, 0.3) is 5.91 Å². The summed E-state index contributed by atoms with van der Waals surface area (Å²) < 4.78 is 0. The van der Waals surface area contributed by atoms with Crippen LogP contribution < -0.4 is 5.73 Å². The maximum absolute atomic E-state index is 12.4. The number of anilines is 1. The van der Waals surface area contributed by atoms with Crippen molar-refractivity contribution in [2.24, 2.45) is 0 Å². The monoisotopic (exact) mass is 360 g/mol. The number of hydrogen-bond donors (Lipinski definition) is 1. The number of nitrogens with zero attached hydrogens (tertiary/aromatic N) is 3. The Balaban J connectivity index is 0.00000225. The van der Waals surface area contributed by atoms with Crippen molar-refractivity contribution in [1.29, 1.82) is 0 Å². The Labute approximate surface area is 153 Å². The minimum Gasteiger partial charge on any atom is -0.397 e. The number of halogens is 1. The second-order valence-electron chi connectivity index (χ2n) is 5.80. The zero-order valence-corrected chi connectivity index (χ0v) is 14.6. The normalized spacial score (nSPS) is 13.9. The van der Waals surface area contributed by atoms with Crippen molar-refractivity contribution in [2.75, 3.05) is 31.9 Å². The van der Waals surface area contributed by atoms with Gasteiger partial charge in [-0.2, -0.15) is 0 Å². The molecule has 2 heterocycles. The fourth-order valence-corrected chi connectivity index (χ4v) is 2.73. The summed E-state index contributed by atoms with van der Waals surface area (Å²) in [7, 11) is 0. The van der Waals surface area contributed by atoms with E-state index < -0.39 is 0 Å². The summed E-state index contributed by atoms with van der Waals surface area (Å²) in [5.41, 5.74) is 7.57. The number of pyridine rings is 1. The molecule has 1 fully saturated rings. The maximum atomic E-state index is 12.4. The highest BCUT2D eigenvalue weighted by Gasteiger charge is 2.24. The van der Waals surface area contributed by atoms with Gasteiger partial charge in [-0.05, 0) is 24.3 Å². The minimum absolute atomic E-state index is 0. The number of hydrogen-bond acceptors (Lipinski definition) is 4. The molecule has 2 aromatic rings. The van der Waals surface area contributed by atoms with E-state index in [1.807, 2.05) is 30.3 Å². The molecule has 1 aliphatic rings. The fraction of sp³-hybridized carbons (Fsp3) is 0.278. The molecule has 1 saturated heterocycles. The summed E-state index contributed by atoms with van der Waals surface area (Å²) in [4.78, 5) is 32.5. The molecule has 2 N–H and O–H groups in total. The van der Waals surface area contributed by atoms with Crippen LogP contribution in [0.2, 0.25) is 0 Å². The van der Waals surface area contributed by atoms with Crippen molar-refractivity contribution < 1.29 is 9.59 Å². The third-order valence-corrected chi connectivity index (χ3v) is 4.12. The number of aromatic nitrogens is 1. The molecule has 1 aromatic heterocycles. The van der Waals surface area contributed by atoms with Crippen LogP contribution >= 0.6 is 12.4 Å². The first-order valence-corrected chi connectivity index (χ1v) is 7.96. The molecule has 0 saturated carbocycles. The van der Waals surface area contributed by atoms with E-state index >= 15 is 0 Å². The van der Waals surface area contributed by atoms with Crippen LogP contribution in [-0.2, 0) is 11.2 Å². The number of nitrogen functional groups attached to an aromatic ring is 1. The number of carbonyl (C=O) groups excluding carboxylic acids is 2. The highest BCUT2D eigenvalue weighted by Crippen LogP contribution is 2.10. The van der Waals surface area contributed by atoms with Crippen LogP contribution in [-0.4, -0.2) is 52.8 Å². The molecule has 132 valence electrons. The van der Waals surface area contributed by atoms with Crippen LogP contribution in [0.3, 0.4) is 0 Å². The molecule has 0 radical (unpaired) electrons. The highest BCUT2D eigenvalue weighted by molar-refractivity contribution is 5.94. The molecular weight excluding hydrogens is 340 g/mol. The first-order chi connectivity index (χ1) is 11.6. The number of benzene rings is 1. The summed E-state index contributed by atoms with van der Waals surface area (Å²) in [5.74, 6) is 0.0435. The molecule has 3 rings (SSSR count). The summed E-state index contributed by atoms with van der Waals surface area (Å²) >= 11 is 0. The number of carbonyl (C=O) groups is 2. The van der Waals surface area contributed by atoms with Gasteiger partial charge in [-0.3, -0.25) is 14.6 Å². The summed E-state index contributed by atoms with van der Waals surface area (Å²) in [5, 5.41) is 0. The molecule has 0 atom stereocenters. The quantitative estimate of drug-likeness (QED) is 0.901. The molecule has 0 aliphatic carbocycles. The second kappa shape index (κ2) is 8.48. The molecule has 25 heavy (non-hydrogen) atoms. The van der Waals surface area contributed by atoms with Crippen molar-refractivity contribution in [3.63, 3.8) is 0 Å². The summed E-state index contributed by atoms with van der Waals surface area (Å²) in [6.07, 6.45) is 1.81. The van der Waals surface area contributed by atoms with Crippen LogP contribution in [0.15, 0.2) is 48.7 Å². The first-order valence-electron chi connectivity index (χ1n) is 7.96. The van der Waals surface area contributed by atoms with Gasteiger partial charge in [0.1, 0.15) is 0 Å². The van der Waals surface area contributed by atoms with Crippen LogP contribution in [0.5, 0.6) is 0 Å². The van der Waals surface area contributed by atoms with Gasteiger partial charge < -0.3 is 15.5 Å². The van der Waals surface area contributed by atoms with Crippen molar-refractivity contribution in [3.05, 3.63) is 59.9 Å². The first kappa shape index (κ1) is 18.7. The van der Waals surface area contributed by atoms with Crippen LogP contribution in [0.4, 0.5) is 5.69 Å². The highest BCUT2D eigenvalue weighted by atomic mass is 35.5. The molecule has 1 aromatic carbocycles. The lowest BCUT2D eigenvalue weighted by molar-refractivity contribution is -0.132. The van der Waals surface area contributed by atoms with Crippen molar-refractivity contribution >= 4 is 29.9 Å². The van der Waals surface area contributed by atoms with Gasteiger partial charge in [0, 0.05) is 37.4 Å². The lowest BCUT2D eigenvalue weighted by Crippen LogP contribution is -2.51. The Kier molecular flexibility index (Phi) is 6.36. The van der Waals surface area contributed by atoms with Gasteiger partial charge >= 0.3 is 0 Å². The SMILES string of the molecule is Cl.Nc1ccc(CC(=O)N2CCN(C(=O)c3ccccc3)CC2)nc1. The maximum Gasteiger partial charge on any atom is 0.253 e. The van der Waals surface area contributed by atoms with Crippen molar-refractivity contribution in [2.45, 2.75) is 6.42 Å². The van der Waals surface area contributed by atoms with Crippen molar-refractivity contribution in [3.8, 4) is 0 Å². The van der Waals surface area contributed by atoms with E-state index in [4.69, 9.17) is 5.73 Å². The van der Waals surface area contributed by atoms with Gasteiger partial charge in [0.15, 0.2) is 0 Å². The average molecular weight is 361 g/mol. The molecule has 2 amide bonds. The van der Waals surface area contributed by atoms with Gasteiger partial charge in [-0.25, -0.2) is 0 Å². The fourth-order valence-electron chi connectivity index (χ4n) is 2.73. The van der Waals surface area contributed by atoms with E-state index in [1.165, 1.54) is 0 Å². The number of nitrogens with two attached hydrogens (primary N) is 1. The van der Waals surface area contributed by atoms with Gasteiger partial charge in [0.2, 0.25) is 5.91 Å². The molecular formula is C18H21ClN4O2. The predicted octanol–water partition coefficient (Wildman–Crippen LogP) is 1.61. The zero-order valence-electron chi connectivity index (χ0n) is 13.8. The standard InChI is InChI=1S/C18H20N4O2.ClH/c19-15-6-7-16(20-13-15)12-17(23)21-8-10-22(11-9-21)18(24)14-4-2-1-3-5-14;/h1-7,13H,8-12,19H2;1H. The topological polar surface area (TPSA) is 79.5 Å². The van der Waals surface area contributed by atoms with Crippen LogP contribution in [0.25, 0.3) is 0 Å². The number of amides is 2. The predicted molar refractivity (Wildman–Crippen MR) is 98.5 cm³/mol. The second-order valence-corrected chi connectivity index (χ2v) is 5.80. The minimum atomic E-state index is 0. The molecule has 0 bridgehead atoms. The van der Waals surface area contributed by atoms with E-state index in [0.29, 0.717) is 43.1 Å². The Morgan fingerprint density at radius 3 is 2.20 bits per heavy atom. The molecule has 1 aliphatic heterocycles. The van der Waals surface area contributed by atoms with E-state index in [9.17, 15) is 9.59 Å². The molecule has 0 spiro atoms. The van der Waals surface area contributed by atoms with Crippen LogP contribution in [0, 0.1) is 0 Å². The van der Waals surface area contributed by atoms with E-state index in [-0.39, 0.29) is 30.6 Å². The zero-order chi connectivity index (χ0) is 16.9. The summed E-state index contributed by atoms with van der Waals surface area (Å²) in [6.45, 7) is 2.20. The van der Waals surface area contributed by atoms with E-state index in [2.05, 4.69) is 4.98 Å². The average Bonchev–Trinajstić information content (AvgIpc) is 2.64. The number of piperazine rings is 1. The lowest BCUT2D eigenvalue weighted by atomic mass is 10.1. The molecule has 0 unspecified atom stereocenters. The third-order valence-electron chi connectivity index (χ3n) is 4.12. The smallest absolute Gasteiger partial charge is 0.253 e. The Hall–Kier alpha value is -2.60. The van der Waals surface area contributed by atoms with Gasteiger partial charge in [-0.1, -0.05) is 18.2 Å². The lowest BCUT2D eigenvalue weighted by Gasteiger charge is -2.34. The Morgan fingerprint density at radius 1 is 0.960 bits per heavy atom. The largest absolute Gasteiger partial charge is 0.397 e. The summed E-state index contributed by atoms with van der Waals surface area (Å²) in [6, 6.07) is 12.7.